The van der Waals surface area contributed by atoms with E-state index in [9.17, 15) is 9.90 Å². The fourth-order valence-corrected chi connectivity index (χ4v) is 10.9. The molecule has 3 aromatic carbocycles. The molecule has 1 aliphatic carbocycles. The molecule has 53 heavy (non-hydrogen) atoms. The number of aliphatic hydroxyl groups excluding tert-OH is 1. The Morgan fingerprint density at radius 3 is 2.19 bits per heavy atom. The van der Waals surface area contributed by atoms with Crippen LogP contribution in [0.5, 0.6) is 0 Å². The predicted molar refractivity (Wildman–Crippen MR) is 227 cm³/mol. The number of ketones is 1. The predicted octanol–water partition coefficient (Wildman–Crippen LogP) is 12.6. The standard InChI is InChI=1S/C33H35N2SSi.C13H24O2.Ir/c1-32(2,3)18-20-13-14-25-24(15-20)30-27(33(25,4)5)29-31(36-30)28(34-19-35-29)22-16-21-11-9-10-12-23(21)26(17-22)37(6,7)8;1-5-10(6-2)12(14)9-13(15)11(7-3)8-4;/h9-15,17,19H,18H2,1-8H3;9-11,14H,5-8H2,1-4H3;/q-1;;/b;12-9-;. The number of hydrogen-bond acceptors (Lipinski definition) is 5. The first-order valence-corrected chi connectivity index (χ1v) is 23.6. The summed E-state index contributed by atoms with van der Waals surface area (Å²) in [6.07, 6.45) is 7.73. The third-order valence-corrected chi connectivity index (χ3v) is 14.0. The molecule has 0 spiro atoms. The molecule has 1 N–H and O–H groups in total. The SMILES string of the molecule is CC(C)(C)Cc1ccc2c(c1)-c1sc3c(-c4[c-]c5ccccc5c([Si](C)(C)C)c4)ncnc3c1C2(C)C.CCC(CC)C(=O)/C=C(\O)C(CC)CC.[Ir]. The number of nitrogens with zero attached hydrogens (tertiary/aromatic N) is 2. The van der Waals surface area contributed by atoms with Crippen molar-refractivity contribution in [1.82, 2.24) is 9.97 Å². The van der Waals surface area contributed by atoms with Crippen LogP contribution in [-0.4, -0.2) is 28.9 Å². The third kappa shape index (κ3) is 8.96. The number of hydrogen-bond donors (Lipinski definition) is 1. The van der Waals surface area contributed by atoms with Crippen molar-refractivity contribution < 1.29 is 30.0 Å². The topological polar surface area (TPSA) is 63.1 Å². The number of carbonyl (C=O) groups excluding carboxylic acids is 1. The molecule has 0 unspecified atom stereocenters. The maximum absolute atomic E-state index is 11.7. The molecule has 0 aliphatic heterocycles. The Balaban J connectivity index is 0.000000335. The zero-order chi connectivity index (χ0) is 38.2. The minimum atomic E-state index is -1.59. The van der Waals surface area contributed by atoms with E-state index in [1.54, 1.807) is 6.33 Å². The van der Waals surface area contributed by atoms with Gasteiger partial charge in [-0.3, -0.25) is 9.78 Å². The fraction of sp³-hybridized carbons (Fsp3) is 0.457. The van der Waals surface area contributed by atoms with Crippen LogP contribution in [0, 0.1) is 23.3 Å². The van der Waals surface area contributed by atoms with E-state index in [1.165, 1.54) is 53.9 Å². The second kappa shape index (κ2) is 16.8. The average molecular weight is 924 g/mol. The molecular formula is C46H59IrN2O2SSi-. The molecule has 2 aromatic heterocycles. The second-order valence-corrected chi connectivity index (χ2v) is 23.4. The van der Waals surface area contributed by atoms with Gasteiger partial charge >= 0.3 is 0 Å². The van der Waals surface area contributed by atoms with Crippen LogP contribution in [0.25, 0.3) is 42.7 Å². The van der Waals surface area contributed by atoms with Gasteiger partial charge in [-0.15, -0.1) is 40.1 Å². The number of rotatable bonds is 10. The molecule has 285 valence electrons. The molecule has 0 saturated heterocycles. The van der Waals surface area contributed by atoms with E-state index >= 15 is 0 Å². The minimum absolute atomic E-state index is 0. The van der Waals surface area contributed by atoms with Gasteiger partial charge in [0.25, 0.3) is 0 Å². The van der Waals surface area contributed by atoms with Crippen LogP contribution in [0.15, 0.2) is 66.7 Å². The number of carbonyl (C=O) groups is 1. The van der Waals surface area contributed by atoms with Crippen molar-refractivity contribution in [3.63, 3.8) is 0 Å². The van der Waals surface area contributed by atoms with Gasteiger partial charge in [0.2, 0.25) is 0 Å². The van der Waals surface area contributed by atoms with E-state index in [-0.39, 0.29) is 54.3 Å². The number of aliphatic hydroxyl groups is 1. The van der Waals surface area contributed by atoms with Crippen molar-refractivity contribution >= 4 is 51.4 Å². The van der Waals surface area contributed by atoms with Crippen LogP contribution >= 0.6 is 11.3 Å². The van der Waals surface area contributed by atoms with E-state index in [2.05, 4.69) is 109 Å². The number of fused-ring (bicyclic) bond motifs is 6. The van der Waals surface area contributed by atoms with Crippen LogP contribution in [0.4, 0.5) is 0 Å². The van der Waals surface area contributed by atoms with Crippen LogP contribution in [0.1, 0.15) is 105 Å². The van der Waals surface area contributed by atoms with Gasteiger partial charge in [0.1, 0.15) is 6.33 Å². The zero-order valence-electron chi connectivity index (χ0n) is 34.0. The van der Waals surface area contributed by atoms with E-state index in [0.29, 0.717) is 0 Å². The number of aromatic nitrogens is 2. The van der Waals surface area contributed by atoms with Gasteiger partial charge in [0, 0.05) is 64.3 Å². The Labute approximate surface area is 337 Å². The monoisotopic (exact) mass is 924 g/mol. The summed E-state index contributed by atoms with van der Waals surface area (Å²) in [6.45, 7) is 27.0. The van der Waals surface area contributed by atoms with Crippen molar-refractivity contribution in [3.8, 4) is 21.7 Å². The molecule has 1 aliphatic rings. The molecule has 0 saturated carbocycles. The first-order chi connectivity index (χ1) is 24.4. The van der Waals surface area contributed by atoms with Gasteiger partial charge in [-0.25, -0.2) is 4.98 Å². The molecule has 1 radical (unpaired) electrons. The Morgan fingerprint density at radius 1 is 0.943 bits per heavy atom. The number of allylic oxidation sites excluding steroid dienone is 2. The Bertz CT molecular complexity index is 2110. The maximum atomic E-state index is 11.7. The third-order valence-electron chi connectivity index (χ3n) is 10.8. The van der Waals surface area contributed by atoms with Gasteiger partial charge in [0.15, 0.2) is 5.78 Å². The van der Waals surface area contributed by atoms with Crippen molar-refractivity contribution in [2.45, 2.75) is 119 Å². The summed E-state index contributed by atoms with van der Waals surface area (Å²) < 4.78 is 1.18. The zero-order valence-corrected chi connectivity index (χ0v) is 38.2. The number of thiophene rings is 1. The van der Waals surface area contributed by atoms with E-state index < -0.39 is 8.07 Å². The number of benzene rings is 3. The summed E-state index contributed by atoms with van der Waals surface area (Å²) in [6, 6.07) is 21.9. The van der Waals surface area contributed by atoms with E-state index in [0.717, 1.165) is 48.9 Å². The maximum Gasteiger partial charge on any atom is 0.162 e. The van der Waals surface area contributed by atoms with Gasteiger partial charge < -0.3 is 5.11 Å². The molecule has 7 heteroatoms. The average Bonchev–Trinajstić information content (AvgIpc) is 3.58. The molecule has 4 nitrogen and oxygen atoms in total. The second-order valence-electron chi connectivity index (χ2n) is 17.3. The van der Waals surface area contributed by atoms with Crippen molar-refractivity contribution in [1.29, 1.82) is 0 Å². The van der Waals surface area contributed by atoms with Crippen molar-refractivity contribution in [2.75, 3.05) is 0 Å². The van der Waals surface area contributed by atoms with Crippen LogP contribution in [0.3, 0.4) is 0 Å². The quantitative estimate of drug-likeness (QED) is 0.0656. The van der Waals surface area contributed by atoms with E-state index in [4.69, 9.17) is 9.97 Å². The molecular weight excluding hydrogens is 865 g/mol. The van der Waals surface area contributed by atoms with Gasteiger partial charge in [-0.05, 0) is 54.2 Å². The molecule has 5 aromatic rings. The van der Waals surface area contributed by atoms with E-state index in [1.807, 2.05) is 39.0 Å². The summed E-state index contributed by atoms with van der Waals surface area (Å²) in [5.41, 5.74) is 8.90. The van der Waals surface area contributed by atoms with Crippen molar-refractivity contribution in [3.05, 3.63) is 89.5 Å². The molecule has 0 bridgehead atoms. The molecule has 6 rings (SSSR count). The summed E-state index contributed by atoms with van der Waals surface area (Å²) >= 11 is 1.86. The van der Waals surface area contributed by atoms with Gasteiger partial charge in [0.05, 0.1) is 19.3 Å². The van der Waals surface area contributed by atoms with Crippen LogP contribution in [0.2, 0.25) is 19.6 Å². The molecule has 0 amide bonds. The molecule has 0 fully saturated rings. The largest absolute Gasteiger partial charge is 0.512 e. The smallest absolute Gasteiger partial charge is 0.162 e. The van der Waals surface area contributed by atoms with Crippen LogP contribution < -0.4 is 5.19 Å². The first kappa shape index (κ1) is 42.8. The Morgan fingerprint density at radius 2 is 1.58 bits per heavy atom. The first-order valence-electron chi connectivity index (χ1n) is 19.3. The van der Waals surface area contributed by atoms with Crippen LogP contribution in [-0.2, 0) is 36.7 Å². The Kier molecular flexibility index (Phi) is 13.6. The summed E-state index contributed by atoms with van der Waals surface area (Å²) in [7, 11) is -1.59. The summed E-state index contributed by atoms with van der Waals surface area (Å²) in [5.74, 6) is 0.547. The molecule has 2 heterocycles. The Hall–Kier alpha value is -2.96. The minimum Gasteiger partial charge on any atom is -0.512 e. The fourth-order valence-electron chi connectivity index (χ4n) is 7.81. The van der Waals surface area contributed by atoms with Crippen molar-refractivity contribution in [2.24, 2.45) is 17.3 Å². The molecule has 0 atom stereocenters. The summed E-state index contributed by atoms with van der Waals surface area (Å²) in [4.78, 5) is 22.8. The van der Waals surface area contributed by atoms with Gasteiger partial charge in [-0.1, -0.05) is 129 Å². The normalized spacial score (nSPS) is 13.9. The van der Waals surface area contributed by atoms with Gasteiger partial charge in [-0.2, -0.15) is 0 Å². The summed E-state index contributed by atoms with van der Waals surface area (Å²) in [5, 5.41) is 13.7.